The molecule has 1 aromatic carbocycles. The van der Waals surface area contributed by atoms with E-state index >= 15 is 0 Å². The summed E-state index contributed by atoms with van der Waals surface area (Å²) in [5, 5.41) is 3.43. The predicted octanol–water partition coefficient (Wildman–Crippen LogP) is 3.44. The summed E-state index contributed by atoms with van der Waals surface area (Å²) < 4.78 is 0. The average Bonchev–Trinajstić information content (AvgIpc) is 2.02. The highest BCUT2D eigenvalue weighted by atomic mass is 14.9. The Balaban J connectivity index is 2.70. The fraction of sp³-hybridized carbons (Fsp3) is 0.385. The number of nitrogens with one attached hydrogen (secondary N) is 1. The molecular formula is C13H19N. The molecule has 0 aromatic heterocycles. The molecule has 1 nitrogen and oxygen atoms in total. The minimum atomic E-state index is 0.134. The molecule has 0 saturated carbocycles. The third kappa shape index (κ3) is 4.13. The van der Waals surface area contributed by atoms with Gasteiger partial charge in [0.1, 0.15) is 0 Å². The van der Waals surface area contributed by atoms with E-state index in [-0.39, 0.29) is 5.54 Å². The topological polar surface area (TPSA) is 12.0 Å². The van der Waals surface area contributed by atoms with Crippen LogP contribution >= 0.6 is 0 Å². The molecule has 0 heterocycles. The van der Waals surface area contributed by atoms with Crippen LogP contribution in [0, 0.1) is 0 Å². The highest BCUT2D eigenvalue weighted by Crippen LogP contribution is 2.08. The SMILES string of the molecule is CC(=Cc1ccccc1)NC(C)(C)C. The van der Waals surface area contributed by atoms with Crippen molar-refractivity contribution in [1.29, 1.82) is 0 Å². The van der Waals surface area contributed by atoms with Crippen LogP contribution in [-0.4, -0.2) is 5.54 Å². The lowest BCUT2D eigenvalue weighted by Crippen LogP contribution is -2.33. The van der Waals surface area contributed by atoms with Crippen LogP contribution in [0.5, 0.6) is 0 Å². The number of benzene rings is 1. The molecule has 0 unspecified atom stereocenters. The minimum absolute atomic E-state index is 0.134. The van der Waals surface area contributed by atoms with Crippen LogP contribution in [0.15, 0.2) is 36.0 Å². The fourth-order valence-corrected chi connectivity index (χ4v) is 1.43. The van der Waals surface area contributed by atoms with E-state index < -0.39 is 0 Å². The van der Waals surface area contributed by atoms with Gasteiger partial charge in [-0.25, -0.2) is 0 Å². The van der Waals surface area contributed by atoms with E-state index in [0.717, 1.165) is 0 Å². The molecule has 0 aliphatic heterocycles. The molecule has 0 spiro atoms. The van der Waals surface area contributed by atoms with Crippen molar-refractivity contribution < 1.29 is 0 Å². The fourth-order valence-electron chi connectivity index (χ4n) is 1.43. The molecule has 0 aliphatic rings. The van der Waals surface area contributed by atoms with E-state index in [1.54, 1.807) is 0 Å². The van der Waals surface area contributed by atoms with E-state index in [2.05, 4.69) is 63.4 Å². The minimum Gasteiger partial charge on any atom is -0.384 e. The third-order valence-corrected chi connectivity index (χ3v) is 1.75. The molecule has 0 radical (unpaired) electrons. The van der Waals surface area contributed by atoms with Gasteiger partial charge >= 0.3 is 0 Å². The summed E-state index contributed by atoms with van der Waals surface area (Å²) in [4.78, 5) is 0. The average molecular weight is 189 g/mol. The Bertz CT molecular complexity index is 304. The first-order chi connectivity index (χ1) is 6.47. The number of hydrogen-bond acceptors (Lipinski definition) is 1. The second kappa shape index (κ2) is 4.32. The van der Waals surface area contributed by atoms with Crippen molar-refractivity contribution in [3.63, 3.8) is 0 Å². The van der Waals surface area contributed by atoms with E-state index in [0.29, 0.717) is 0 Å². The molecular weight excluding hydrogens is 170 g/mol. The predicted molar refractivity (Wildman–Crippen MR) is 63.0 cm³/mol. The lowest BCUT2D eigenvalue weighted by Gasteiger charge is -2.22. The summed E-state index contributed by atoms with van der Waals surface area (Å²) in [6.07, 6.45) is 2.16. The summed E-state index contributed by atoms with van der Waals surface area (Å²) in [7, 11) is 0. The zero-order chi connectivity index (χ0) is 10.6. The van der Waals surface area contributed by atoms with Crippen molar-refractivity contribution in [3.8, 4) is 0 Å². The van der Waals surface area contributed by atoms with Crippen LogP contribution < -0.4 is 5.32 Å². The van der Waals surface area contributed by atoms with Gasteiger partial charge in [-0.1, -0.05) is 30.3 Å². The van der Waals surface area contributed by atoms with E-state index in [1.165, 1.54) is 11.3 Å². The van der Waals surface area contributed by atoms with Crippen molar-refractivity contribution in [2.24, 2.45) is 0 Å². The Hall–Kier alpha value is -1.24. The Kier molecular flexibility index (Phi) is 3.34. The van der Waals surface area contributed by atoms with Crippen LogP contribution in [0.25, 0.3) is 6.08 Å². The van der Waals surface area contributed by atoms with Crippen LogP contribution in [0.4, 0.5) is 0 Å². The van der Waals surface area contributed by atoms with Crippen LogP contribution in [0.1, 0.15) is 33.3 Å². The van der Waals surface area contributed by atoms with Gasteiger partial charge in [0, 0.05) is 11.2 Å². The highest BCUT2D eigenvalue weighted by Gasteiger charge is 2.07. The summed E-state index contributed by atoms with van der Waals surface area (Å²) in [6, 6.07) is 10.3. The maximum Gasteiger partial charge on any atom is 0.0286 e. The molecule has 1 aromatic rings. The zero-order valence-electron chi connectivity index (χ0n) is 9.46. The monoisotopic (exact) mass is 189 g/mol. The number of hydrogen-bond donors (Lipinski definition) is 1. The molecule has 0 atom stereocenters. The van der Waals surface area contributed by atoms with Gasteiger partial charge in [0.05, 0.1) is 0 Å². The molecule has 0 aliphatic carbocycles. The molecule has 1 N–H and O–H groups in total. The summed E-state index contributed by atoms with van der Waals surface area (Å²) in [5.74, 6) is 0. The van der Waals surface area contributed by atoms with Crippen molar-refractivity contribution in [1.82, 2.24) is 5.32 Å². The summed E-state index contributed by atoms with van der Waals surface area (Å²) in [6.45, 7) is 8.58. The van der Waals surface area contributed by atoms with Gasteiger partial charge in [-0.3, -0.25) is 0 Å². The van der Waals surface area contributed by atoms with Crippen molar-refractivity contribution >= 4 is 6.08 Å². The normalized spacial score (nSPS) is 12.7. The molecule has 0 fully saturated rings. The smallest absolute Gasteiger partial charge is 0.0286 e. The van der Waals surface area contributed by atoms with Crippen LogP contribution in [0.2, 0.25) is 0 Å². The van der Waals surface area contributed by atoms with E-state index in [1.807, 2.05) is 6.07 Å². The molecule has 76 valence electrons. The molecule has 1 rings (SSSR count). The molecule has 0 bridgehead atoms. The summed E-state index contributed by atoms with van der Waals surface area (Å²) in [5.41, 5.74) is 2.57. The third-order valence-electron chi connectivity index (χ3n) is 1.75. The van der Waals surface area contributed by atoms with Gasteiger partial charge in [0.25, 0.3) is 0 Å². The number of allylic oxidation sites excluding steroid dienone is 1. The first kappa shape index (κ1) is 10.8. The Morgan fingerprint density at radius 2 is 1.71 bits per heavy atom. The standard InChI is InChI=1S/C13H19N/c1-11(14-13(2,3)4)10-12-8-6-5-7-9-12/h5-10,14H,1-4H3. The lowest BCUT2D eigenvalue weighted by atomic mass is 10.1. The van der Waals surface area contributed by atoms with E-state index in [9.17, 15) is 0 Å². The van der Waals surface area contributed by atoms with Crippen molar-refractivity contribution in [2.75, 3.05) is 0 Å². The Morgan fingerprint density at radius 3 is 2.21 bits per heavy atom. The second-order valence-corrected chi connectivity index (χ2v) is 4.61. The highest BCUT2D eigenvalue weighted by molar-refractivity contribution is 5.51. The zero-order valence-corrected chi connectivity index (χ0v) is 9.46. The van der Waals surface area contributed by atoms with Gasteiger partial charge < -0.3 is 5.32 Å². The molecule has 0 amide bonds. The van der Waals surface area contributed by atoms with Gasteiger partial charge in [-0.15, -0.1) is 0 Å². The van der Waals surface area contributed by atoms with Crippen molar-refractivity contribution in [2.45, 2.75) is 33.2 Å². The van der Waals surface area contributed by atoms with Gasteiger partial charge in [-0.2, -0.15) is 0 Å². The van der Waals surface area contributed by atoms with Crippen LogP contribution in [0.3, 0.4) is 0 Å². The quantitative estimate of drug-likeness (QED) is 0.751. The summed E-state index contributed by atoms with van der Waals surface area (Å²) >= 11 is 0. The first-order valence-corrected chi connectivity index (χ1v) is 4.99. The van der Waals surface area contributed by atoms with Gasteiger partial charge in [-0.05, 0) is 39.3 Å². The Morgan fingerprint density at radius 1 is 1.14 bits per heavy atom. The lowest BCUT2D eigenvalue weighted by molar-refractivity contribution is 0.475. The molecule has 1 heteroatoms. The Labute approximate surface area is 86.8 Å². The molecule has 0 saturated heterocycles. The van der Waals surface area contributed by atoms with Gasteiger partial charge in [0.2, 0.25) is 0 Å². The maximum atomic E-state index is 3.43. The van der Waals surface area contributed by atoms with E-state index in [4.69, 9.17) is 0 Å². The maximum absolute atomic E-state index is 3.43. The first-order valence-electron chi connectivity index (χ1n) is 4.99. The largest absolute Gasteiger partial charge is 0.384 e. The van der Waals surface area contributed by atoms with Gasteiger partial charge in [0.15, 0.2) is 0 Å². The number of rotatable bonds is 2. The second-order valence-electron chi connectivity index (χ2n) is 4.61. The van der Waals surface area contributed by atoms with Crippen LogP contribution in [-0.2, 0) is 0 Å². The molecule has 14 heavy (non-hydrogen) atoms. The van der Waals surface area contributed by atoms with Crippen molar-refractivity contribution in [3.05, 3.63) is 41.6 Å².